The maximum absolute atomic E-state index is 3.58. The Morgan fingerprint density at radius 1 is 1.42 bits per heavy atom. The Bertz CT molecular complexity index is 146. The van der Waals surface area contributed by atoms with Crippen molar-refractivity contribution in [1.82, 2.24) is 10.2 Å². The van der Waals surface area contributed by atoms with Crippen LogP contribution in [0.25, 0.3) is 0 Å². The Labute approximate surface area is 75.3 Å². The number of likely N-dealkylation sites (tertiary alicyclic amines) is 1. The average Bonchev–Trinajstić information content (AvgIpc) is 2.49. The van der Waals surface area contributed by atoms with Gasteiger partial charge >= 0.3 is 0 Å². The highest BCUT2D eigenvalue weighted by atomic mass is 15.2. The highest BCUT2D eigenvalue weighted by Gasteiger charge is 2.32. The van der Waals surface area contributed by atoms with Gasteiger partial charge < -0.3 is 5.32 Å². The van der Waals surface area contributed by atoms with E-state index >= 15 is 0 Å². The molecule has 2 saturated heterocycles. The van der Waals surface area contributed by atoms with Crippen molar-refractivity contribution in [2.75, 3.05) is 19.6 Å². The monoisotopic (exact) mass is 168 g/mol. The number of rotatable bonds is 2. The minimum Gasteiger partial charge on any atom is -0.312 e. The summed E-state index contributed by atoms with van der Waals surface area (Å²) in [5.74, 6) is 0.939. The fraction of sp³-hybridized carbons (Fsp3) is 1.00. The summed E-state index contributed by atoms with van der Waals surface area (Å²) < 4.78 is 0. The van der Waals surface area contributed by atoms with Crippen molar-refractivity contribution in [3.05, 3.63) is 0 Å². The Hall–Kier alpha value is -0.0800. The van der Waals surface area contributed by atoms with Crippen molar-refractivity contribution in [2.45, 2.75) is 38.8 Å². The Balaban J connectivity index is 1.79. The fourth-order valence-electron chi connectivity index (χ4n) is 2.46. The molecule has 2 fully saturated rings. The predicted octanol–water partition coefficient (Wildman–Crippen LogP) is 1.08. The zero-order valence-electron chi connectivity index (χ0n) is 8.21. The molecule has 12 heavy (non-hydrogen) atoms. The average molecular weight is 168 g/mol. The number of hydrogen-bond acceptors (Lipinski definition) is 2. The first kappa shape index (κ1) is 8.52. The van der Waals surface area contributed by atoms with E-state index in [1.807, 2.05) is 0 Å². The van der Waals surface area contributed by atoms with E-state index in [-0.39, 0.29) is 0 Å². The van der Waals surface area contributed by atoms with Crippen LogP contribution in [-0.4, -0.2) is 36.6 Å². The molecule has 2 rings (SSSR count). The molecule has 0 amide bonds. The van der Waals surface area contributed by atoms with Gasteiger partial charge in [-0.3, -0.25) is 4.90 Å². The van der Waals surface area contributed by atoms with Crippen LogP contribution in [0.5, 0.6) is 0 Å². The summed E-state index contributed by atoms with van der Waals surface area (Å²) in [6, 6.07) is 1.54. The number of nitrogens with one attached hydrogen (secondary N) is 1. The van der Waals surface area contributed by atoms with Crippen molar-refractivity contribution in [3.8, 4) is 0 Å². The summed E-state index contributed by atoms with van der Waals surface area (Å²) >= 11 is 0. The lowest BCUT2D eigenvalue weighted by Crippen LogP contribution is -2.55. The molecule has 0 aromatic heterocycles. The van der Waals surface area contributed by atoms with Gasteiger partial charge in [0, 0.05) is 25.2 Å². The van der Waals surface area contributed by atoms with E-state index in [0.717, 1.165) is 18.0 Å². The van der Waals surface area contributed by atoms with Crippen LogP contribution in [0.1, 0.15) is 26.7 Å². The molecule has 2 heterocycles. The summed E-state index contributed by atoms with van der Waals surface area (Å²) in [7, 11) is 0. The van der Waals surface area contributed by atoms with E-state index in [1.54, 1.807) is 0 Å². The van der Waals surface area contributed by atoms with Crippen LogP contribution in [-0.2, 0) is 0 Å². The summed E-state index contributed by atoms with van der Waals surface area (Å²) in [5.41, 5.74) is 0. The highest BCUT2D eigenvalue weighted by molar-refractivity contribution is 4.90. The molecular weight excluding hydrogens is 148 g/mol. The molecule has 2 nitrogen and oxygen atoms in total. The standard InChI is InChI=1S/C10H20N2/c1-8-6-12(7-8)9(2)10-4-3-5-11-10/h8-11H,3-7H2,1-2H3. The van der Waals surface area contributed by atoms with E-state index in [2.05, 4.69) is 24.1 Å². The predicted molar refractivity (Wildman–Crippen MR) is 51.2 cm³/mol. The van der Waals surface area contributed by atoms with Gasteiger partial charge in [-0.15, -0.1) is 0 Å². The number of nitrogens with zero attached hydrogens (tertiary/aromatic N) is 1. The van der Waals surface area contributed by atoms with E-state index in [1.165, 1.54) is 32.5 Å². The summed E-state index contributed by atoms with van der Waals surface area (Å²) in [6.45, 7) is 8.58. The zero-order valence-corrected chi connectivity index (χ0v) is 8.21. The molecule has 0 bridgehead atoms. The van der Waals surface area contributed by atoms with Gasteiger partial charge in [-0.25, -0.2) is 0 Å². The molecule has 2 heteroatoms. The zero-order chi connectivity index (χ0) is 8.55. The van der Waals surface area contributed by atoms with E-state index < -0.39 is 0 Å². The quantitative estimate of drug-likeness (QED) is 0.663. The second-order valence-corrected chi connectivity index (χ2v) is 4.50. The Morgan fingerprint density at radius 2 is 2.17 bits per heavy atom. The molecule has 0 radical (unpaired) electrons. The highest BCUT2D eigenvalue weighted by Crippen LogP contribution is 2.22. The fourth-order valence-corrected chi connectivity index (χ4v) is 2.46. The minimum atomic E-state index is 0.767. The molecule has 2 unspecified atom stereocenters. The van der Waals surface area contributed by atoms with Crippen LogP contribution in [0.3, 0.4) is 0 Å². The summed E-state index contributed by atoms with van der Waals surface area (Å²) in [6.07, 6.45) is 2.75. The maximum atomic E-state index is 3.58. The van der Waals surface area contributed by atoms with Crippen molar-refractivity contribution >= 4 is 0 Å². The topological polar surface area (TPSA) is 15.3 Å². The van der Waals surface area contributed by atoms with Gasteiger partial charge in [0.1, 0.15) is 0 Å². The van der Waals surface area contributed by atoms with Gasteiger partial charge in [0.15, 0.2) is 0 Å². The first-order valence-electron chi connectivity index (χ1n) is 5.25. The van der Waals surface area contributed by atoms with Crippen LogP contribution in [0, 0.1) is 5.92 Å². The molecule has 0 aliphatic carbocycles. The van der Waals surface area contributed by atoms with Gasteiger partial charge in [-0.1, -0.05) is 6.92 Å². The maximum Gasteiger partial charge on any atom is 0.0221 e. The first-order chi connectivity index (χ1) is 5.77. The summed E-state index contributed by atoms with van der Waals surface area (Å²) in [5, 5.41) is 3.58. The lowest BCUT2D eigenvalue weighted by atomic mass is 9.96. The Morgan fingerprint density at radius 3 is 2.67 bits per heavy atom. The minimum absolute atomic E-state index is 0.767. The largest absolute Gasteiger partial charge is 0.312 e. The van der Waals surface area contributed by atoms with E-state index in [9.17, 15) is 0 Å². The van der Waals surface area contributed by atoms with Crippen LogP contribution in [0.15, 0.2) is 0 Å². The van der Waals surface area contributed by atoms with Crippen molar-refractivity contribution in [2.24, 2.45) is 5.92 Å². The third kappa shape index (κ3) is 1.50. The van der Waals surface area contributed by atoms with Gasteiger partial charge in [0.25, 0.3) is 0 Å². The first-order valence-corrected chi connectivity index (χ1v) is 5.25. The second kappa shape index (κ2) is 3.35. The number of hydrogen-bond donors (Lipinski definition) is 1. The van der Waals surface area contributed by atoms with Crippen molar-refractivity contribution in [3.63, 3.8) is 0 Å². The molecule has 0 aromatic carbocycles. The van der Waals surface area contributed by atoms with Crippen LogP contribution in [0.4, 0.5) is 0 Å². The lowest BCUT2D eigenvalue weighted by molar-refractivity contribution is 0.0549. The van der Waals surface area contributed by atoms with Crippen molar-refractivity contribution in [1.29, 1.82) is 0 Å². The van der Waals surface area contributed by atoms with E-state index in [0.29, 0.717) is 0 Å². The molecule has 0 aromatic rings. The van der Waals surface area contributed by atoms with E-state index in [4.69, 9.17) is 0 Å². The molecule has 0 spiro atoms. The second-order valence-electron chi connectivity index (χ2n) is 4.50. The molecule has 0 saturated carbocycles. The normalized spacial score (nSPS) is 35.0. The van der Waals surface area contributed by atoms with Crippen molar-refractivity contribution < 1.29 is 0 Å². The SMILES string of the molecule is CC1CN(C(C)C2CCCN2)C1. The smallest absolute Gasteiger partial charge is 0.0221 e. The molecular formula is C10H20N2. The van der Waals surface area contributed by atoms with Crippen LogP contribution < -0.4 is 5.32 Å². The summed E-state index contributed by atoms with van der Waals surface area (Å²) in [4.78, 5) is 2.60. The van der Waals surface area contributed by atoms with Crippen LogP contribution >= 0.6 is 0 Å². The van der Waals surface area contributed by atoms with Gasteiger partial charge in [0.2, 0.25) is 0 Å². The third-order valence-corrected chi connectivity index (χ3v) is 3.35. The molecule has 2 aliphatic heterocycles. The van der Waals surface area contributed by atoms with Crippen LogP contribution in [0.2, 0.25) is 0 Å². The molecule has 70 valence electrons. The van der Waals surface area contributed by atoms with Gasteiger partial charge in [-0.2, -0.15) is 0 Å². The third-order valence-electron chi connectivity index (χ3n) is 3.35. The Kier molecular flexibility index (Phi) is 2.37. The van der Waals surface area contributed by atoms with Gasteiger partial charge in [0.05, 0.1) is 0 Å². The lowest BCUT2D eigenvalue weighted by Gasteiger charge is -2.43. The molecule has 1 N–H and O–H groups in total. The molecule has 2 atom stereocenters. The molecule has 2 aliphatic rings. The van der Waals surface area contributed by atoms with Gasteiger partial charge in [-0.05, 0) is 32.2 Å².